The maximum atomic E-state index is 9.82. The molecule has 0 aromatic heterocycles. The standard InChI is InChI=1S/C4H7NO.CH2O/c1-3(2)4(5)6;1-2/h1H2,2H3,(H2,5,6);1H2. The van der Waals surface area contributed by atoms with Crippen molar-refractivity contribution in [2.75, 3.05) is 0 Å². The van der Waals surface area contributed by atoms with Gasteiger partial charge in [0.1, 0.15) is 6.79 Å². The number of carbonyl (C=O) groups is 2. The highest BCUT2D eigenvalue weighted by molar-refractivity contribution is 5.90. The summed E-state index contributed by atoms with van der Waals surface area (Å²) in [5, 5.41) is 0. The Labute approximate surface area is 48.2 Å². The van der Waals surface area contributed by atoms with Crippen LogP contribution in [0.25, 0.3) is 0 Å². The van der Waals surface area contributed by atoms with Crippen LogP contribution in [0.5, 0.6) is 0 Å². The van der Waals surface area contributed by atoms with Crippen LogP contribution >= 0.6 is 0 Å². The minimum absolute atomic E-state index is 0.398. The average molecular weight is 115 g/mol. The van der Waals surface area contributed by atoms with Crippen molar-refractivity contribution in [3.8, 4) is 0 Å². The third-order valence-electron chi connectivity index (χ3n) is 0.421. The third-order valence-corrected chi connectivity index (χ3v) is 0.421. The first-order valence-electron chi connectivity index (χ1n) is 1.89. The van der Waals surface area contributed by atoms with Crippen LogP contribution in [0.2, 0.25) is 0 Å². The van der Waals surface area contributed by atoms with E-state index in [1.54, 1.807) is 6.92 Å². The first kappa shape index (κ1) is 9.99. The Morgan fingerprint density at radius 1 is 1.50 bits per heavy atom. The summed E-state index contributed by atoms with van der Waals surface area (Å²) >= 11 is 0. The molecule has 0 radical (unpaired) electrons. The highest BCUT2D eigenvalue weighted by Gasteiger charge is 1.86. The van der Waals surface area contributed by atoms with Crippen molar-refractivity contribution < 1.29 is 9.59 Å². The lowest BCUT2D eigenvalue weighted by Crippen LogP contribution is -2.10. The van der Waals surface area contributed by atoms with E-state index in [0.29, 0.717) is 5.57 Å². The maximum Gasteiger partial charge on any atom is 0.243 e. The summed E-state index contributed by atoms with van der Waals surface area (Å²) in [4.78, 5) is 17.8. The van der Waals surface area contributed by atoms with Crippen molar-refractivity contribution in [2.24, 2.45) is 5.73 Å². The molecule has 0 aliphatic carbocycles. The quantitative estimate of drug-likeness (QED) is 0.483. The highest BCUT2D eigenvalue weighted by atomic mass is 16.1. The van der Waals surface area contributed by atoms with Crippen LogP contribution in [-0.2, 0) is 9.59 Å². The molecule has 0 fully saturated rings. The zero-order valence-electron chi connectivity index (χ0n) is 4.81. The summed E-state index contributed by atoms with van der Waals surface area (Å²) in [6.45, 7) is 6.85. The van der Waals surface area contributed by atoms with Crippen LogP contribution in [0.1, 0.15) is 6.92 Å². The summed E-state index contributed by atoms with van der Waals surface area (Å²) in [5.74, 6) is -0.435. The molecule has 0 aliphatic heterocycles. The Morgan fingerprint density at radius 2 is 1.62 bits per heavy atom. The lowest BCUT2D eigenvalue weighted by Gasteiger charge is -1.81. The van der Waals surface area contributed by atoms with Crippen molar-refractivity contribution in [3.63, 3.8) is 0 Å². The molecule has 3 nitrogen and oxygen atoms in total. The zero-order valence-corrected chi connectivity index (χ0v) is 4.81. The van der Waals surface area contributed by atoms with Crippen molar-refractivity contribution in [1.29, 1.82) is 0 Å². The molecule has 0 heterocycles. The van der Waals surface area contributed by atoms with Crippen LogP contribution in [-0.4, -0.2) is 12.7 Å². The molecule has 8 heavy (non-hydrogen) atoms. The van der Waals surface area contributed by atoms with E-state index >= 15 is 0 Å². The average Bonchev–Trinajstić information content (AvgIpc) is 1.72. The van der Waals surface area contributed by atoms with Crippen molar-refractivity contribution in [3.05, 3.63) is 12.2 Å². The molecular weight excluding hydrogens is 106 g/mol. The maximum absolute atomic E-state index is 9.82. The minimum Gasteiger partial charge on any atom is -0.366 e. The van der Waals surface area contributed by atoms with Crippen molar-refractivity contribution in [2.45, 2.75) is 6.92 Å². The van der Waals surface area contributed by atoms with Gasteiger partial charge in [0, 0.05) is 5.57 Å². The highest BCUT2D eigenvalue weighted by Crippen LogP contribution is 1.78. The fraction of sp³-hybridized carbons (Fsp3) is 0.200. The van der Waals surface area contributed by atoms with Gasteiger partial charge in [0.2, 0.25) is 5.91 Å². The van der Waals surface area contributed by atoms with Gasteiger partial charge >= 0.3 is 0 Å². The smallest absolute Gasteiger partial charge is 0.243 e. The summed E-state index contributed by atoms with van der Waals surface area (Å²) in [6, 6.07) is 0. The van der Waals surface area contributed by atoms with Crippen LogP contribution in [0.15, 0.2) is 12.2 Å². The second-order valence-electron chi connectivity index (χ2n) is 1.14. The minimum atomic E-state index is -0.435. The van der Waals surface area contributed by atoms with Crippen LogP contribution in [0.3, 0.4) is 0 Å². The van der Waals surface area contributed by atoms with E-state index in [1.807, 2.05) is 6.79 Å². The van der Waals surface area contributed by atoms with E-state index in [9.17, 15) is 4.79 Å². The fourth-order valence-electron chi connectivity index (χ4n) is 0. The van der Waals surface area contributed by atoms with Crippen LogP contribution in [0.4, 0.5) is 0 Å². The van der Waals surface area contributed by atoms with Gasteiger partial charge in [0.25, 0.3) is 0 Å². The van der Waals surface area contributed by atoms with Crippen molar-refractivity contribution in [1.82, 2.24) is 0 Å². The first-order valence-corrected chi connectivity index (χ1v) is 1.89. The van der Waals surface area contributed by atoms with Crippen molar-refractivity contribution >= 4 is 12.7 Å². The molecule has 0 atom stereocenters. The van der Waals surface area contributed by atoms with Gasteiger partial charge in [-0.2, -0.15) is 0 Å². The summed E-state index contributed by atoms with van der Waals surface area (Å²) in [7, 11) is 0. The third kappa shape index (κ3) is 8.86. The molecular formula is C5H9NO2. The number of hydrogen-bond donors (Lipinski definition) is 1. The number of carbonyl (C=O) groups excluding carboxylic acids is 2. The fourth-order valence-corrected chi connectivity index (χ4v) is 0. The normalized spacial score (nSPS) is 6.12. The predicted octanol–water partition coefficient (Wildman–Crippen LogP) is -0.137. The van der Waals surface area contributed by atoms with Gasteiger partial charge in [-0.05, 0) is 6.92 Å². The Kier molecular flexibility index (Phi) is 7.34. The Morgan fingerprint density at radius 3 is 1.62 bits per heavy atom. The molecule has 0 saturated carbocycles. The molecule has 46 valence electrons. The largest absolute Gasteiger partial charge is 0.366 e. The molecule has 2 N–H and O–H groups in total. The van der Waals surface area contributed by atoms with E-state index in [4.69, 9.17) is 10.5 Å². The second kappa shape index (κ2) is 5.88. The molecule has 0 aliphatic rings. The Balaban J connectivity index is 0. The van der Waals surface area contributed by atoms with E-state index in [1.165, 1.54) is 0 Å². The van der Waals surface area contributed by atoms with Gasteiger partial charge in [-0.15, -0.1) is 0 Å². The number of amides is 1. The van der Waals surface area contributed by atoms with E-state index in [-0.39, 0.29) is 0 Å². The van der Waals surface area contributed by atoms with Gasteiger partial charge in [0.05, 0.1) is 0 Å². The molecule has 0 rings (SSSR count). The molecule has 0 aromatic rings. The summed E-state index contributed by atoms with van der Waals surface area (Å²) in [5.41, 5.74) is 5.09. The molecule has 0 aromatic carbocycles. The molecule has 0 unspecified atom stereocenters. The predicted molar refractivity (Wildman–Crippen MR) is 31.1 cm³/mol. The molecule has 1 amide bonds. The van der Waals surface area contributed by atoms with Gasteiger partial charge in [-0.3, -0.25) is 4.79 Å². The summed E-state index contributed by atoms with van der Waals surface area (Å²) < 4.78 is 0. The van der Waals surface area contributed by atoms with Gasteiger partial charge in [0.15, 0.2) is 0 Å². The van der Waals surface area contributed by atoms with E-state index < -0.39 is 5.91 Å². The lowest BCUT2D eigenvalue weighted by molar-refractivity contribution is -0.114. The van der Waals surface area contributed by atoms with Gasteiger partial charge < -0.3 is 10.5 Å². The van der Waals surface area contributed by atoms with E-state index in [2.05, 4.69) is 6.58 Å². The first-order chi connectivity index (χ1) is 3.64. The van der Waals surface area contributed by atoms with Gasteiger partial charge in [-0.1, -0.05) is 6.58 Å². The molecule has 0 bridgehead atoms. The molecule has 3 heteroatoms. The Hall–Kier alpha value is -1.12. The number of nitrogens with two attached hydrogens (primary N) is 1. The number of primary amides is 1. The topological polar surface area (TPSA) is 60.2 Å². The Bertz CT molecular complexity index is 86.6. The monoisotopic (exact) mass is 115 g/mol. The second-order valence-corrected chi connectivity index (χ2v) is 1.14. The lowest BCUT2D eigenvalue weighted by atomic mass is 10.3. The van der Waals surface area contributed by atoms with Gasteiger partial charge in [-0.25, -0.2) is 0 Å². The van der Waals surface area contributed by atoms with Crippen LogP contribution < -0.4 is 5.73 Å². The molecule has 0 spiro atoms. The van der Waals surface area contributed by atoms with Crippen LogP contribution in [0, 0.1) is 0 Å². The SMILES string of the molecule is C=C(C)C(N)=O.C=O. The molecule has 0 saturated heterocycles. The summed E-state index contributed by atoms with van der Waals surface area (Å²) in [6.07, 6.45) is 0. The number of hydrogen-bond acceptors (Lipinski definition) is 2. The van der Waals surface area contributed by atoms with E-state index in [0.717, 1.165) is 0 Å². The zero-order chi connectivity index (χ0) is 7.15. The number of rotatable bonds is 1.